The average molecular weight is 382 g/mol. The quantitative estimate of drug-likeness (QED) is 0.678. The van der Waals surface area contributed by atoms with Gasteiger partial charge in [0.15, 0.2) is 0 Å². The summed E-state index contributed by atoms with van der Waals surface area (Å²) in [6.07, 6.45) is 5.56. The molecule has 4 rings (SSSR count). The Labute approximate surface area is 163 Å². The molecule has 0 spiro atoms. The van der Waals surface area contributed by atoms with Crippen molar-refractivity contribution in [2.75, 3.05) is 25.0 Å². The minimum atomic E-state index is -0.0291. The maximum atomic E-state index is 13.0. The number of benzene rings is 1. The molecule has 1 aliphatic rings. The molecule has 0 aliphatic carbocycles. The topological polar surface area (TPSA) is 54.3 Å². The van der Waals surface area contributed by atoms with Crippen LogP contribution in [0, 0.1) is 0 Å². The van der Waals surface area contributed by atoms with E-state index < -0.39 is 0 Å². The predicted octanol–water partition coefficient (Wildman–Crippen LogP) is 3.59. The molecule has 2 aromatic heterocycles. The first kappa shape index (κ1) is 17.7. The lowest BCUT2D eigenvalue weighted by molar-refractivity contribution is 0.0777. The van der Waals surface area contributed by atoms with Crippen molar-refractivity contribution in [2.45, 2.75) is 25.8 Å². The molecule has 7 heteroatoms. The highest BCUT2D eigenvalue weighted by Gasteiger charge is 2.20. The number of hydrogen-bond donors (Lipinski definition) is 0. The first-order chi connectivity index (χ1) is 13.2. The zero-order valence-corrected chi connectivity index (χ0v) is 16.2. The Hall–Kier alpha value is -2.67. The standard InChI is InChI=1S/C20H23N5OS/c1-23(15-16-9-4-2-5-10-16)18(26)17-11-8-14-25(17)20-22-21-19(27-20)24-12-6-3-7-13-24/h2,4-5,8-11,14H,3,6-7,12-13,15H2,1H3. The maximum Gasteiger partial charge on any atom is 0.270 e. The molecule has 1 amide bonds. The van der Waals surface area contributed by atoms with E-state index in [-0.39, 0.29) is 5.91 Å². The van der Waals surface area contributed by atoms with Crippen LogP contribution in [0.3, 0.4) is 0 Å². The number of hydrogen-bond acceptors (Lipinski definition) is 5. The fourth-order valence-electron chi connectivity index (χ4n) is 3.36. The molecule has 3 heterocycles. The molecule has 1 saturated heterocycles. The minimum Gasteiger partial charge on any atom is -0.347 e. The molecule has 1 aliphatic heterocycles. The van der Waals surface area contributed by atoms with Gasteiger partial charge in [0.25, 0.3) is 5.91 Å². The zero-order chi connectivity index (χ0) is 18.6. The summed E-state index contributed by atoms with van der Waals surface area (Å²) in [7, 11) is 1.83. The number of piperidine rings is 1. The Morgan fingerprint density at radius 1 is 1.04 bits per heavy atom. The molecular weight excluding hydrogens is 358 g/mol. The Kier molecular flexibility index (Phi) is 5.20. The summed E-state index contributed by atoms with van der Waals surface area (Å²) < 4.78 is 1.84. The van der Waals surface area contributed by atoms with E-state index in [1.54, 1.807) is 16.2 Å². The second kappa shape index (κ2) is 7.92. The molecule has 1 fully saturated rings. The molecule has 1 aromatic carbocycles. The summed E-state index contributed by atoms with van der Waals surface area (Å²) in [4.78, 5) is 17.0. The summed E-state index contributed by atoms with van der Waals surface area (Å²) in [6, 6.07) is 13.7. The van der Waals surface area contributed by atoms with E-state index in [2.05, 4.69) is 15.1 Å². The highest BCUT2D eigenvalue weighted by Crippen LogP contribution is 2.27. The zero-order valence-electron chi connectivity index (χ0n) is 15.4. The first-order valence-corrected chi connectivity index (χ1v) is 10.1. The van der Waals surface area contributed by atoms with Gasteiger partial charge in [-0.05, 0) is 37.0 Å². The SMILES string of the molecule is CN(Cc1ccccc1)C(=O)c1cccn1-c1nnc(N2CCCCC2)s1. The van der Waals surface area contributed by atoms with Crippen LogP contribution in [-0.4, -0.2) is 45.7 Å². The summed E-state index contributed by atoms with van der Waals surface area (Å²) in [5.41, 5.74) is 1.71. The van der Waals surface area contributed by atoms with Crippen LogP contribution in [0.2, 0.25) is 0 Å². The number of nitrogens with zero attached hydrogens (tertiary/aromatic N) is 5. The van der Waals surface area contributed by atoms with E-state index in [0.29, 0.717) is 12.2 Å². The van der Waals surface area contributed by atoms with Crippen LogP contribution in [0.15, 0.2) is 48.7 Å². The van der Waals surface area contributed by atoms with Gasteiger partial charge in [0.1, 0.15) is 5.69 Å². The normalized spacial score (nSPS) is 14.3. The van der Waals surface area contributed by atoms with Crippen LogP contribution in [0.25, 0.3) is 5.13 Å². The fraction of sp³-hybridized carbons (Fsp3) is 0.350. The Morgan fingerprint density at radius 2 is 1.78 bits per heavy atom. The average Bonchev–Trinajstić information content (AvgIpc) is 3.38. The van der Waals surface area contributed by atoms with Crippen molar-refractivity contribution in [3.8, 4) is 5.13 Å². The molecule has 27 heavy (non-hydrogen) atoms. The number of carbonyl (C=O) groups excluding carboxylic acids is 1. The van der Waals surface area contributed by atoms with Gasteiger partial charge in [-0.25, -0.2) is 0 Å². The molecule has 0 N–H and O–H groups in total. The van der Waals surface area contributed by atoms with Crippen molar-refractivity contribution in [2.24, 2.45) is 0 Å². The molecule has 140 valence electrons. The van der Waals surface area contributed by atoms with Crippen molar-refractivity contribution in [3.05, 3.63) is 59.9 Å². The molecular formula is C20H23N5OS. The first-order valence-electron chi connectivity index (χ1n) is 9.28. The van der Waals surface area contributed by atoms with Gasteiger partial charge in [0.05, 0.1) is 0 Å². The van der Waals surface area contributed by atoms with E-state index in [9.17, 15) is 4.79 Å². The third-order valence-electron chi connectivity index (χ3n) is 4.81. The van der Waals surface area contributed by atoms with Crippen LogP contribution >= 0.6 is 11.3 Å². The van der Waals surface area contributed by atoms with Crippen LogP contribution in [-0.2, 0) is 6.54 Å². The van der Waals surface area contributed by atoms with Crippen molar-refractivity contribution < 1.29 is 4.79 Å². The molecule has 0 radical (unpaired) electrons. The van der Waals surface area contributed by atoms with Gasteiger partial charge in [-0.15, -0.1) is 10.2 Å². The summed E-state index contributed by atoms with van der Waals surface area (Å²) in [6.45, 7) is 2.64. The number of aromatic nitrogens is 3. The van der Waals surface area contributed by atoms with Crippen molar-refractivity contribution in [3.63, 3.8) is 0 Å². The van der Waals surface area contributed by atoms with Gasteiger partial charge in [-0.2, -0.15) is 0 Å². The Balaban J connectivity index is 1.52. The largest absolute Gasteiger partial charge is 0.347 e. The summed E-state index contributed by atoms with van der Waals surface area (Å²) >= 11 is 1.54. The van der Waals surface area contributed by atoms with Gasteiger partial charge in [-0.1, -0.05) is 41.7 Å². The third-order valence-corrected chi connectivity index (χ3v) is 5.80. The van der Waals surface area contributed by atoms with E-state index in [0.717, 1.165) is 28.9 Å². The highest BCUT2D eigenvalue weighted by molar-refractivity contribution is 7.17. The third kappa shape index (κ3) is 3.88. The summed E-state index contributed by atoms with van der Waals surface area (Å²) in [5.74, 6) is -0.0291. The lowest BCUT2D eigenvalue weighted by Gasteiger charge is -2.25. The molecule has 6 nitrogen and oxygen atoms in total. The predicted molar refractivity (Wildman–Crippen MR) is 108 cm³/mol. The smallest absolute Gasteiger partial charge is 0.270 e. The molecule has 0 saturated carbocycles. The van der Waals surface area contributed by atoms with Crippen LogP contribution in [0.1, 0.15) is 35.3 Å². The van der Waals surface area contributed by atoms with Crippen molar-refractivity contribution in [1.29, 1.82) is 0 Å². The van der Waals surface area contributed by atoms with Crippen molar-refractivity contribution >= 4 is 22.4 Å². The number of amides is 1. The number of rotatable bonds is 5. The second-order valence-electron chi connectivity index (χ2n) is 6.83. The van der Waals surface area contributed by atoms with Gasteiger partial charge in [-0.3, -0.25) is 9.36 Å². The second-order valence-corrected chi connectivity index (χ2v) is 7.76. The highest BCUT2D eigenvalue weighted by atomic mass is 32.1. The van der Waals surface area contributed by atoms with Gasteiger partial charge >= 0.3 is 0 Å². The van der Waals surface area contributed by atoms with Crippen LogP contribution in [0.4, 0.5) is 5.13 Å². The monoisotopic (exact) mass is 381 g/mol. The Morgan fingerprint density at radius 3 is 2.56 bits per heavy atom. The number of carbonyl (C=O) groups is 1. The van der Waals surface area contributed by atoms with E-state index in [1.165, 1.54) is 19.3 Å². The van der Waals surface area contributed by atoms with E-state index in [1.807, 2.05) is 60.3 Å². The van der Waals surface area contributed by atoms with Gasteiger partial charge in [0.2, 0.25) is 10.3 Å². The van der Waals surface area contributed by atoms with Gasteiger partial charge < -0.3 is 9.80 Å². The molecule has 0 bridgehead atoms. The van der Waals surface area contributed by atoms with Crippen molar-refractivity contribution in [1.82, 2.24) is 19.7 Å². The van der Waals surface area contributed by atoms with E-state index >= 15 is 0 Å². The van der Waals surface area contributed by atoms with E-state index in [4.69, 9.17) is 0 Å². The Bertz CT molecular complexity index is 898. The van der Waals surface area contributed by atoms with Crippen LogP contribution < -0.4 is 4.90 Å². The van der Waals surface area contributed by atoms with Gasteiger partial charge in [0, 0.05) is 32.9 Å². The molecule has 0 unspecified atom stereocenters. The van der Waals surface area contributed by atoms with Crippen LogP contribution in [0.5, 0.6) is 0 Å². The maximum absolute atomic E-state index is 13.0. The minimum absolute atomic E-state index is 0.0291. The fourth-order valence-corrected chi connectivity index (χ4v) is 4.26. The summed E-state index contributed by atoms with van der Waals surface area (Å²) in [5, 5.41) is 10.4. The number of anilines is 1. The lowest BCUT2D eigenvalue weighted by atomic mass is 10.1. The molecule has 3 aromatic rings. The lowest BCUT2D eigenvalue weighted by Crippen LogP contribution is -2.29. The molecule has 0 atom stereocenters.